The van der Waals surface area contributed by atoms with Crippen LogP contribution in [0.5, 0.6) is 0 Å². The Hall–Kier alpha value is -13.2. The van der Waals surface area contributed by atoms with Gasteiger partial charge in [0.1, 0.15) is 0 Å². The number of nitrogens with zero attached hydrogens (tertiary/aromatic N) is 4. The van der Waals surface area contributed by atoms with Gasteiger partial charge in [-0.2, -0.15) is 0 Å². The molecule has 22 rings (SSSR count). The Morgan fingerprint density at radius 3 is 0.980 bits per heavy atom. The molecule has 0 unspecified atom stereocenters. The molecule has 0 aliphatic carbocycles. The number of hydrogen-bond acceptors (Lipinski definition) is 4. The fourth-order valence-electron chi connectivity index (χ4n) is 17.7. The van der Waals surface area contributed by atoms with E-state index in [1.165, 1.54) is 103 Å². The summed E-state index contributed by atoms with van der Waals surface area (Å²) in [6.07, 6.45) is 0. The molecule has 4 nitrogen and oxygen atoms in total. The van der Waals surface area contributed by atoms with Crippen molar-refractivity contribution in [2.24, 2.45) is 0 Å². The minimum absolute atomic E-state index is 0.313. The summed E-state index contributed by atoms with van der Waals surface area (Å²) in [5.41, 5.74) is 23.0. The molecule has 5 heteroatoms. The van der Waals surface area contributed by atoms with E-state index < -0.39 is 0 Å². The van der Waals surface area contributed by atoms with E-state index in [4.69, 9.17) is 9.97 Å². The van der Waals surface area contributed by atoms with Gasteiger partial charge in [0, 0.05) is 61.4 Å². The van der Waals surface area contributed by atoms with Crippen molar-refractivity contribution in [3.63, 3.8) is 0 Å². The molecule has 0 radical (unpaired) electrons. The van der Waals surface area contributed by atoms with Gasteiger partial charge in [0.15, 0.2) is 5.82 Å². The van der Waals surface area contributed by atoms with Gasteiger partial charge in [-0.3, -0.25) is 0 Å². The molecule has 0 fully saturated rings. The molecule has 464 valence electrons. The summed E-state index contributed by atoms with van der Waals surface area (Å²) in [6, 6.07) is 129. The van der Waals surface area contributed by atoms with Crippen LogP contribution >= 0.6 is 0 Å². The van der Waals surface area contributed by atoms with Crippen molar-refractivity contribution in [1.29, 1.82) is 0 Å². The first kappa shape index (κ1) is 55.9. The van der Waals surface area contributed by atoms with Gasteiger partial charge in [-0.25, -0.2) is 9.97 Å². The lowest BCUT2D eigenvalue weighted by molar-refractivity contribution is 1.22. The van der Waals surface area contributed by atoms with Crippen LogP contribution in [0.15, 0.2) is 346 Å². The lowest BCUT2D eigenvalue weighted by atomic mass is 9.33. The summed E-state index contributed by atoms with van der Waals surface area (Å²) >= 11 is 0. The van der Waals surface area contributed by atoms with E-state index in [-0.39, 0.29) is 6.71 Å². The Labute approximate surface area is 583 Å². The molecule has 0 saturated heterocycles. The van der Waals surface area contributed by atoms with E-state index in [0.717, 1.165) is 106 Å². The smallest absolute Gasteiger partial charge is 0.252 e. The van der Waals surface area contributed by atoms with Crippen LogP contribution in [0.2, 0.25) is 0 Å². The highest BCUT2D eigenvalue weighted by Crippen LogP contribution is 2.55. The zero-order valence-corrected chi connectivity index (χ0v) is 54.8. The molecule has 0 bridgehead atoms. The van der Waals surface area contributed by atoms with Crippen molar-refractivity contribution < 1.29 is 0 Å². The van der Waals surface area contributed by atoms with E-state index >= 15 is 0 Å². The first-order valence-corrected chi connectivity index (χ1v) is 35.0. The van der Waals surface area contributed by atoms with Crippen LogP contribution in [0.1, 0.15) is 0 Å². The molecule has 0 N–H and O–H groups in total. The topological polar surface area (TPSA) is 32.3 Å². The summed E-state index contributed by atoms with van der Waals surface area (Å²) in [7, 11) is 0. The molecule has 101 heavy (non-hydrogen) atoms. The molecule has 0 atom stereocenters. The second-order valence-electron chi connectivity index (χ2n) is 27.4. The Kier molecular flexibility index (Phi) is 12.0. The molecule has 0 spiro atoms. The Morgan fingerprint density at radius 1 is 0.228 bits per heavy atom. The van der Waals surface area contributed by atoms with Gasteiger partial charge in [0.05, 0.1) is 11.2 Å². The maximum atomic E-state index is 5.82. The third-order valence-corrected chi connectivity index (χ3v) is 22.0. The fraction of sp³-hybridized carbons (Fsp3) is 0. The third-order valence-electron chi connectivity index (χ3n) is 22.0. The first-order chi connectivity index (χ1) is 50.1. The molecule has 3 heterocycles. The molecule has 19 aromatic carbocycles. The summed E-state index contributed by atoms with van der Waals surface area (Å²) in [4.78, 5) is 16.6. The van der Waals surface area contributed by atoms with E-state index in [1.54, 1.807) is 0 Å². The van der Waals surface area contributed by atoms with Crippen LogP contribution in [0, 0.1) is 0 Å². The number of anilines is 6. The van der Waals surface area contributed by atoms with Crippen LogP contribution in [0.3, 0.4) is 0 Å². The van der Waals surface area contributed by atoms with Gasteiger partial charge < -0.3 is 9.80 Å². The summed E-state index contributed by atoms with van der Waals surface area (Å²) < 4.78 is 0. The van der Waals surface area contributed by atoms with Gasteiger partial charge in [-0.15, -0.1) is 0 Å². The van der Waals surface area contributed by atoms with Crippen LogP contribution < -0.4 is 26.2 Å². The molecule has 0 amide bonds. The van der Waals surface area contributed by atoms with Crippen molar-refractivity contribution in [2.45, 2.75) is 0 Å². The number of hydrogen-bond donors (Lipinski definition) is 0. The lowest BCUT2D eigenvalue weighted by Crippen LogP contribution is -2.61. The van der Waals surface area contributed by atoms with Crippen LogP contribution in [0.4, 0.5) is 34.1 Å². The highest BCUT2D eigenvalue weighted by molar-refractivity contribution is 7.01. The van der Waals surface area contributed by atoms with Gasteiger partial charge in [0.2, 0.25) is 0 Å². The molecule has 2 aliphatic rings. The van der Waals surface area contributed by atoms with Gasteiger partial charge in [0.25, 0.3) is 6.71 Å². The Morgan fingerprint density at radius 2 is 0.564 bits per heavy atom. The quantitative estimate of drug-likeness (QED) is 0.0862. The highest BCUT2D eigenvalue weighted by Gasteiger charge is 2.46. The standard InChI is InChI=1S/C96H57BN4/c1-6-24-58(25-7-1)65-48-66(59-26-8-2-9-27-59)51-70(50-65)100-86-54-69(93-78-38-16-17-47-85(78)98-96(99-93)64-32-14-5-15-33-64)55-87-92(86)97(83-56-81-76-41-20-36-62-34-18-39-72(88(62)76)74-43-22-45-79(90(74)81)94(83)100)84-57-82-77-42-21-37-63-35-19-40-73(89(63)77)75-44-23-46-80(91(75)82)95(84)101(87)71-52-67(60-28-10-3-11-29-60)49-68(53-71)61-30-12-4-13-31-61/h1-57H. The predicted octanol–water partition coefficient (Wildman–Crippen LogP) is 23.8. The molecule has 1 aromatic heterocycles. The number of benzene rings is 19. The third kappa shape index (κ3) is 8.32. The number of fused-ring (bicyclic) bond motifs is 11. The number of aromatic nitrogens is 2. The average Bonchev–Trinajstić information content (AvgIpc) is 0.673. The molecule has 0 saturated carbocycles. The molecular weight excluding hydrogens is 1220 g/mol. The minimum atomic E-state index is -0.313. The SMILES string of the molecule is c1ccc(-c2cc(-c3ccccc3)cc(N3c4cc(-c5nc(-c6ccccc6)nc6ccccc56)cc5c4B(c4cc6c7cccc8cccc(c9cccc(c43)c96)c87)c3cc4c6cccc7cccc(c8cccc(c3N5c3cc(-c5ccccc5)cc(-c5ccccc5)c3)c84)c76)c2)cc1. The first-order valence-electron chi connectivity index (χ1n) is 35.0. The minimum Gasteiger partial charge on any atom is -0.311 e. The average molecular weight is 1280 g/mol. The van der Waals surface area contributed by atoms with Crippen molar-refractivity contribution in [1.82, 2.24) is 9.97 Å². The zero-order valence-electron chi connectivity index (χ0n) is 54.8. The van der Waals surface area contributed by atoms with Crippen molar-refractivity contribution in [3.8, 4) is 67.2 Å². The maximum absolute atomic E-state index is 5.82. The molecule has 2 aliphatic heterocycles. The highest BCUT2D eigenvalue weighted by atomic mass is 15.2. The van der Waals surface area contributed by atoms with Gasteiger partial charge in [-0.1, -0.05) is 291 Å². The number of rotatable bonds is 8. The van der Waals surface area contributed by atoms with Crippen LogP contribution in [0.25, 0.3) is 164 Å². The van der Waals surface area contributed by atoms with Gasteiger partial charge >= 0.3 is 0 Å². The number of para-hydroxylation sites is 1. The zero-order chi connectivity index (χ0) is 66.0. The second kappa shape index (κ2) is 21.6. The van der Waals surface area contributed by atoms with E-state index in [9.17, 15) is 0 Å². The Bertz CT molecular complexity index is 6350. The normalized spacial score (nSPS) is 12.7. The van der Waals surface area contributed by atoms with Crippen LogP contribution in [-0.2, 0) is 0 Å². The van der Waals surface area contributed by atoms with Crippen molar-refractivity contribution in [3.05, 3.63) is 346 Å². The van der Waals surface area contributed by atoms with Crippen molar-refractivity contribution in [2.75, 3.05) is 9.80 Å². The van der Waals surface area contributed by atoms with Crippen LogP contribution in [-0.4, -0.2) is 16.7 Å². The summed E-state index contributed by atoms with van der Waals surface area (Å²) in [5.74, 6) is 0.672. The molecular formula is C96H57BN4. The predicted molar refractivity (Wildman–Crippen MR) is 429 cm³/mol. The lowest BCUT2D eigenvalue weighted by Gasteiger charge is -2.46. The van der Waals surface area contributed by atoms with E-state index in [2.05, 4.69) is 356 Å². The Balaban J connectivity index is 0.971. The monoisotopic (exact) mass is 1280 g/mol. The maximum Gasteiger partial charge on any atom is 0.252 e. The summed E-state index contributed by atoms with van der Waals surface area (Å²) in [6.45, 7) is -0.313. The van der Waals surface area contributed by atoms with Gasteiger partial charge in [-0.05, 0) is 191 Å². The second-order valence-corrected chi connectivity index (χ2v) is 27.4. The van der Waals surface area contributed by atoms with Crippen molar-refractivity contribution >= 4 is 154 Å². The van der Waals surface area contributed by atoms with E-state index in [0.29, 0.717) is 5.82 Å². The summed E-state index contributed by atoms with van der Waals surface area (Å²) in [5, 5.41) is 20.9. The van der Waals surface area contributed by atoms with E-state index in [1.807, 2.05) is 0 Å². The largest absolute Gasteiger partial charge is 0.311 e. The molecule has 20 aromatic rings. The fourth-order valence-corrected chi connectivity index (χ4v) is 17.7.